The Bertz CT molecular complexity index is 917. The van der Waals surface area contributed by atoms with Crippen molar-refractivity contribution in [3.63, 3.8) is 0 Å². The average molecular weight is 429 g/mol. The molecule has 0 aromatic heterocycles. The standard InChI is InChI=1S/C21H21BrN2O3/c1-13-5-4-6-14(2)20(13)23-19(25)11-24(3)21(26)16-9-15-10-17(22)7-8-18(15)27-12-16/h4-10H,11-12H2,1-3H3,(H,23,25). The van der Waals surface area contributed by atoms with Crippen LogP contribution in [-0.4, -0.2) is 36.9 Å². The molecule has 1 aliphatic heterocycles. The summed E-state index contributed by atoms with van der Waals surface area (Å²) >= 11 is 3.42. The van der Waals surface area contributed by atoms with Gasteiger partial charge in [-0.1, -0.05) is 34.1 Å². The summed E-state index contributed by atoms with van der Waals surface area (Å²) in [5.41, 5.74) is 4.13. The Kier molecular flexibility index (Phi) is 5.65. The number of likely N-dealkylation sites (N-methyl/N-ethyl adjacent to an activating group) is 1. The van der Waals surface area contributed by atoms with Crippen molar-refractivity contribution in [1.29, 1.82) is 0 Å². The molecule has 2 aromatic carbocycles. The maximum atomic E-state index is 12.7. The normalized spacial score (nSPS) is 12.5. The molecule has 3 rings (SSSR count). The molecule has 1 N–H and O–H groups in total. The molecule has 1 heterocycles. The van der Waals surface area contributed by atoms with Gasteiger partial charge in [0.1, 0.15) is 12.4 Å². The molecule has 0 saturated heterocycles. The lowest BCUT2D eigenvalue weighted by Crippen LogP contribution is -2.37. The summed E-state index contributed by atoms with van der Waals surface area (Å²) < 4.78 is 6.57. The van der Waals surface area contributed by atoms with E-state index < -0.39 is 0 Å². The number of benzene rings is 2. The van der Waals surface area contributed by atoms with Gasteiger partial charge in [0.15, 0.2) is 0 Å². The molecule has 5 nitrogen and oxygen atoms in total. The average Bonchev–Trinajstić information content (AvgIpc) is 2.63. The van der Waals surface area contributed by atoms with Crippen molar-refractivity contribution in [2.75, 3.05) is 25.5 Å². The van der Waals surface area contributed by atoms with Crippen molar-refractivity contribution < 1.29 is 14.3 Å². The van der Waals surface area contributed by atoms with Crippen molar-refractivity contribution in [2.45, 2.75) is 13.8 Å². The Labute approximate surface area is 167 Å². The lowest BCUT2D eigenvalue weighted by Gasteiger charge is -2.22. The molecule has 2 aromatic rings. The highest BCUT2D eigenvalue weighted by Gasteiger charge is 2.22. The van der Waals surface area contributed by atoms with Gasteiger partial charge in [0.05, 0.1) is 12.1 Å². The van der Waals surface area contributed by atoms with Gasteiger partial charge in [-0.05, 0) is 49.2 Å². The van der Waals surface area contributed by atoms with E-state index in [0.717, 1.165) is 32.6 Å². The van der Waals surface area contributed by atoms with Crippen LogP contribution in [0.1, 0.15) is 16.7 Å². The van der Waals surface area contributed by atoms with E-state index in [1.54, 1.807) is 7.05 Å². The number of anilines is 1. The van der Waals surface area contributed by atoms with E-state index in [1.165, 1.54) is 4.90 Å². The Morgan fingerprint density at radius 3 is 2.59 bits per heavy atom. The van der Waals surface area contributed by atoms with E-state index in [-0.39, 0.29) is 25.0 Å². The number of para-hydroxylation sites is 1. The fraction of sp³-hybridized carbons (Fsp3) is 0.238. The number of fused-ring (bicyclic) bond motifs is 1. The molecule has 140 valence electrons. The summed E-state index contributed by atoms with van der Waals surface area (Å²) in [6.07, 6.45) is 1.81. The van der Waals surface area contributed by atoms with Crippen molar-refractivity contribution >= 4 is 39.5 Å². The SMILES string of the molecule is Cc1cccc(C)c1NC(=O)CN(C)C(=O)C1=Cc2cc(Br)ccc2OC1. The van der Waals surface area contributed by atoms with Crippen LogP contribution in [0.3, 0.4) is 0 Å². The second-order valence-electron chi connectivity index (χ2n) is 6.62. The molecule has 6 heteroatoms. The lowest BCUT2D eigenvalue weighted by atomic mass is 10.1. The van der Waals surface area contributed by atoms with Crippen LogP contribution in [-0.2, 0) is 9.59 Å². The predicted molar refractivity (Wildman–Crippen MR) is 110 cm³/mol. The number of nitrogens with one attached hydrogen (secondary N) is 1. The lowest BCUT2D eigenvalue weighted by molar-refractivity contribution is -0.130. The van der Waals surface area contributed by atoms with Gasteiger partial charge in [0.2, 0.25) is 5.91 Å². The largest absolute Gasteiger partial charge is 0.488 e. The smallest absolute Gasteiger partial charge is 0.253 e. The number of rotatable bonds is 4. The van der Waals surface area contributed by atoms with Crippen LogP contribution in [0.25, 0.3) is 6.08 Å². The van der Waals surface area contributed by atoms with Crippen LogP contribution in [0.4, 0.5) is 5.69 Å². The van der Waals surface area contributed by atoms with E-state index in [9.17, 15) is 9.59 Å². The van der Waals surface area contributed by atoms with Crippen LogP contribution in [0.15, 0.2) is 46.4 Å². The van der Waals surface area contributed by atoms with Crippen molar-refractivity contribution in [3.05, 3.63) is 63.1 Å². The van der Waals surface area contributed by atoms with Crippen molar-refractivity contribution in [2.24, 2.45) is 0 Å². The number of hydrogen-bond acceptors (Lipinski definition) is 3. The van der Waals surface area contributed by atoms with Gasteiger partial charge in [0.25, 0.3) is 5.91 Å². The first-order valence-electron chi connectivity index (χ1n) is 8.59. The van der Waals surface area contributed by atoms with Gasteiger partial charge in [-0.25, -0.2) is 0 Å². The number of amides is 2. The Morgan fingerprint density at radius 2 is 1.89 bits per heavy atom. The maximum Gasteiger partial charge on any atom is 0.253 e. The predicted octanol–water partition coefficient (Wildman–Crippen LogP) is 3.94. The first kappa shape index (κ1) is 19.2. The number of carbonyl (C=O) groups is 2. The fourth-order valence-corrected chi connectivity index (χ4v) is 3.37. The molecule has 0 atom stereocenters. The highest BCUT2D eigenvalue weighted by molar-refractivity contribution is 9.10. The molecule has 0 fully saturated rings. The highest BCUT2D eigenvalue weighted by Crippen LogP contribution is 2.29. The number of ether oxygens (including phenoxy) is 1. The number of hydrogen-bond donors (Lipinski definition) is 1. The van der Waals surface area contributed by atoms with Crippen LogP contribution in [0, 0.1) is 13.8 Å². The van der Waals surface area contributed by atoms with Gasteiger partial charge in [-0.2, -0.15) is 0 Å². The van der Waals surface area contributed by atoms with E-state index in [2.05, 4.69) is 21.2 Å². The number of nitrogens with zero attached hydrogens (tertiary/aromatic N) is 1. The van der Waals surface area contributed by atoms with Gasteiger partial charge in [-0.3, -0.25) is 9.59 Å². The minimum Gasteiger partial charge on any atom is -0.488 e. The highest BCUT2D eigenvalue weighted by atomic mass is 79.9. The summed E-state index contributed by atoms with van der Waals surface area (Å²) in [6.45, 7) is 4.04. The minimum atomic E-state index is -0.233. The van der Waals surface area contributed by atoms with E-state index in [1.807, 2.05) is 56.3 Å². The quantitative estimate of drug-likeness (QED) is 0.801. The van der Waals surface area contributed by atoms with Gasteiger partial charge in [0, 0.05) is 22.8 Å². The van der Waals surface area contributed by atoms with Crippen LogP contribution >= 0.6 is 15.9 Å². The zero-order valence-electron chi connectivity index (χ0n) is 15.5. The third-order valence-corrected chi connectivity index (χ3v) is 4.93. The van der Waals surface area contributed by atoms with E-state index >= 15 is 0 Å². The fourth-order valence-electron chi connectivity index (χ4n) is 2.99. The maximum absolute atomic E-state index is 12.7. The number of aryl methyl sites for hydroxylation is 2. The second kappa shape index (κ2) is 7.96. The van der Waals surface area contributed by atoms with Crippen LogP contribution in [0.2, 0.25) is 0 Å². The third-order valence-electron chi connectivity index (χ3n) is 4.43. The Hall–Kier alpha value is -2.60. The molecular formula is C21H21BrN2O3. The third kappa shape index (κ3) is 4.39. The van der Waals surface area contributed by atoms with E-state index in [4.69, 9.17) is 4.74 Å². The van der Waals surface area contributed by atoms with Crippen LogP contribution < -0.4 is 10.1 Å². The number of carbonyl (C=O) groups excluding carboxylic acids is 2. The van der Waals surface area contributed by atoms with Crippen molar-refractivity contribution in [3.8, 4) is 5.75 Å². The van der Waals surface area contributed by atoms with Crippen LogP contribution in [0.5, 0.6) is 5.75 Å². The zero-order chi connectivity index (χ0) is 19.6. The van der Waals surface area contributed by atoms with Gasteiger partial charge < -0.3 is 15.0 Å². The summed E-state index contributed by atoms with van der Waals surface area (Å²) in [5, 5.41) is 2.90. The molecule has 0 radical (unpaired) electrons. The molecule has 27 heavy (non-hydrogen) atoms. The minimum absolute atomic E-state index is 0.0325. The Balaban J connectivity index is 1.68. The zero-order valence-corrected chi connectivity index (χ0v) is 17.1. The molecule has 0 aliphatic carbocycles. The first-order chi connectivity index (χ1) is 12.8. The van der Waals surface area contributed by atoms with Gasteiger partial charge in [-0.15, -0.1) is 0 Å². The monoisotopic (exact) mass is 428 g/mol. The molecule has 0 spiro atoms. The topological polar surface area (TPSA) is 58.6 Å². The summed E-state index contributed by atoms with van der Waals surface area (Å²) in [6, 6.07) is 11.5. The summed E-state index contributed by atoms with van der Waals surface area (Å²) in [4.78, 5) is 26.5. The molecule has 0 unspecified atom stereocenters. The Morgan fingerprint density at radius 1 is 1.19 bits per heavy atom. The van der Waals surface area contributed by atoms with Gasteiger partial charge >= 0.3 is 0 Å². The molecule has 0 saturated carbocycles. The second-order valence-corrected chi connectivity index (χ2v) is 7.53. The summed E-state index contributed by atoms with van der Waals surface area (Å²) in [7, 11) is 1.61. The molecule has 1 aliphatic rings. The van der Waals surface area contributed by atoms with E-state index in [0.29, 0.717) is 5.57 Å². The molecule has 0 bridgehead atoms. The molecular weight excluding hydrogens is 408 g/mol. The first-order valence-corrected chi connectivity index (χ1v) is 9.39. The number of halogens is 1. The molecule has 2 amide bonds. The van der Waals surface area contributed by atoms with Crippen molar-refractivity contribution in [1.82, 2.24) is 4.90 Å². The summed E-state index contributed by atoms with van der Waals surface area (Å²) in [5.74, 6) is 0.283.